The molecule has 0 unspecified atom stereocenters. The summed E-state index contributed by atoms with van der Waals surface area (Å²) >= 11 is 6.10. The highest BCUT2D eigenvalue weighted by Gasteiger charge is 2.27. The Hall–Kier alpha value is -3.85. The minimum absolute atomic E-state index is 0.0305. The number of rotatable bonds is 4. The van der Waals surface area contributed by atoms with Crippen molar-refractivity contribution in [1.29, 1.82) is 0 Å². The summed E-state index contributed by atoms with van der Waals surface area (Å²) in [4.78, 5) is 39.9. The van der Waals surface area contributed by atoms with Gasteiger partial charge < -0.3 is 0 Å². The lowest BCUT2D eigenvalue weighted by Gasteiger charge is -2.26. The van der Waals surface area contributed by atoms with Crippen LogP contribution in [0.4, 0.5) is 5.69 Å². The van der Waals surface area contributed by atoms with Crippen molar-refractivity contribution in [1.82, 2.24) is 24.1 Å². The molecule has 36 heavy (non-hydrogen) atoms. The van der Waals surface area contributed by atoms with Crippen LogP contribution in [0, 0.1) is 10.1 Å². The lowest BCUT2D eigenvalue weighted by molar-refractivity contribution is -0.384. The van der Waals surface area contributed by atoms with Crippen LogP contribution in [-0.2, 0) is 6.42 Å². The van der Waals surface area contributed by atoms with E-state index in [2.05, 4.69) is 0 Å². The van der Waals surface area contributed by atoms with E-state index in [1.807, 2.05) is 35.8 Å². The highest BCUT2D eigenvalue weighted by atomic mass is 35.5. The van der Waals surface area contributed by atoms with Crippen LogP contribution < -0.4 is 5.56 Å². The lowest BCUT2D eigenvalue weighted by atomic mass is 9.95. The van der Waals surface area contributed by atoms with Crippen LogP contribution in [0.5, 0.6) is 0 Å². The molecule has 3 aromatic heterocycles. The highest BCUT2D eigenvalue weighted by Crippen LogP contribution is 2.34. The first-order valence-electron chi connectivity index (χ1n) is 12.1. The summed E-state index contributed by atoms with van der Waals surface area (Å²) in [5.41, 5.74) is 2.64. The largest absolute Gasteiger partial charge is 0.293 e. The number of para-hydroxylation sites is 2. The fourth-order valence-corrected chi connectivity index (χ4v) is 5.53. The zero-order chi connectivity index (χ0) is 25.0. The van der Waals surface area contributed by atoms with E-state index in [-0.39, 0.29) is 22.3 Å². The normalized spacial score (nSPS) is 14.7. The van der Waals surface area contributed by atoms with E-state index >= 15 is 0 Å². The smallest absolute Gasteiger partial charge is 0.289 e. The van der Waals surface area contributed by atoms with Crippen molar-refractivity contribution < 1.29 is 4.92 Å². The zero-order valence-corrected chi connectivity index (χ0v) is 20.4. The summed E-state index contributed by atoms with van der Waals surface area (Å²) in [6.45, 7) is 1.98. The van der Waals surface area contributed by atoms with Crippen molar-refractivity contribution in [2.45, 2.75) is 51.5 Å². The molecule has 1 saturated carbocycles. The molecule has 9 nitrogen and oxygen atoms in total. The van der Waals surface area contributed by atoms with Gasteiger partial charge in [0.2, 0.25) is 0 Å². The Balaban J connectivity index is 1.77. The average molecular weight is 503 g/mol. The lowest BCUT2D eigenvalue weighted by Crippen LogP contribution is -2.30. The number of benzene rings is 2. The maximum atomic E-state index is 14.1. The van der Waals surface area contributed by atoms with Crippen LogP contribution in [0.1, 0.15) is 50.9 Å². The van der Waals surface area contributed by atoms with Gasteiger partial charge in [-0.2, -0.15) is 0 Å². The molecule has 6 rings (SSSR count). The van der Waals surface area contributed by atoms with E-state index in [1.165, 1.54) is 18.6 Å². The molecular weight excluding hydrogens is 480 g/mol. The molecule has 2 aromatic carbocycles. The summed E-state index contributed by atoms with van der Waals surface area (Å²) < 4.78 is 3.55. The number of fused-ring (bicyclic) bond motifs is 4. The molecule has 0 aliphatic heterocycles. The maximum absolute atomic E-state index is 14.1. The monoisotopic (exact) mass is 502 g/mol. The number of aryl methyl sites for hydroxylation is 1. The molecule has 182 valence electrons. The van der Waals surface area contributed by atoms with Gasteiger partial charge in [-0.15, -0.1) is 0 Å². The molecule has 1 fully saturated rings. The summed E-state index contributed by atoms with van der Waals surface area (Å²) in [5, 5.41) is 12.0. The number of hydrogen-bond acceptors (Lipinski definition) is 6. The van der Waals surface area contributed by atoms with Gasteiger partial charge in [0.1, 0.15) is 21.7 Å². The van der Waals surface area contributed by atoms with E-state index < -0.39 is 4.92 Å². The molecule has 10 heteroatoms. The van der Waals surface area contributed by atoms with Gasteiger partial charge in [-0.3, -0.25) is 24.0 Å². The molecule has 5 aromatic rings. The number of aromatic nitrogens is 5. The quantitative estimate of drug-likeness (QED) is 0.223. The third-order valence-electron chi connectivity index (χ3n) is 7.02. The molecule has 0 N–H and O–H groups in total. The second kappa shape index (κ2) is 8.67. The van der Waals surface area contributed by atoms with Gasteiger partial charge >= 0.3 is 0 Å². The first-order chi connectivity index (χ1) is 17.5. The molecule has 0 amide bonds. The van der Waals surface area contributed by atoms with Gasteiger partial charge in [0.15, 0.2) is 11.3 Å². The van der Waals surface area contributed by atoms with Gasteiger partial charge in [-0.05, 0) is 37.1 Å². The summed E-state index contributed by atoms with van der Waals surface area (Å²) in [6.07, 6.45) is 5.80. The zero-order valence-electron chi connectivity index (χ0n) is 19.6. The average Bonchev–Trinajstić information content (AvgIpc) is 3.21. The first-order valence-corrected chi connectivity index (χ1v) is 12.5. The fraction of sp³-hybridized carbons (Fsp3) is 0.308. The van der Waals surface area contributed by atoms with Crippen LogP contribution in [-0.4, -0.2) is 29.0 Å². The molecule has 0 bridgehead atoms. The molecule has 3 heterocycles. The molecule has 0 spiro atoms. The molecule has 1 aliphatic carbocycles. The molecule has 0 atom stereocenters. The van der Waals surface area contributed by atoms with E-state index in [0.717, 1.165) is 25.7 Å². The number of nitrogens with zero attached hydrogens (tertiary/aromatic N) is 6. The van der Waals surface area contributed by atoms with Gasteiger partial charge in [0.25, 0.3) is 11.2 Å². The van der Waals surface area contributed by atoms with Crippen molar-refractivity contribution in [3.8, 4) is 5.69 Å². The number of hydrogen-bond donors (Lipinski definition) is 0. The van der Waals surface area contributed by atoms with Crippen LogP contribution in [0.3, 0.4) is 0 Å². The van der Waals surface area contributed by atoms with E-state index in [0.29, 0.717) is 51.2 Å². The second-order valence-electron chi connectivity index (χ2n) is 9.16. The van der Waals surface area contributed by atoms with Crippen LogP contribution >= 0.6 is 11.6 Å². The Morgan fingerprint density at radius 1 is 1.03 bits per heavy atom. The number of nitro benzene ring substituents is 1. The molecule has 1 aliphatic rings. The Bertz CT molecular complexity index is 1740. The minimum Gasteiger partial charge on any atom is -0.293 e. The minimum atomic E-state index is -0.526. The maximum Gasteiger partial charge on any atom is 0.289 e. The first kappa shape index (κ1) is 22.6. The Kier molecular flexibility index (Phi) is 5.44. The van der Waals surface area contributed by atoms with E-state index in [4.69, 9.17) is 26.6 Å². The summed E-state index contributed by atoms with van der Waals surface area (Å²) in [6, 6.07) is 12.1. The summed E-state index contributed by atoms with van der Waals surface area (Å²) in [5.74, 6) is 0.691. The summed E-state index contributed by atoms with van der Waals surface area (Å²) in [7, 11) is 0. The van der Waals surface area contributed by atoms with E-state index in [9.17, 15) is 14.9 Å². The molecule has 0 radical (unpaired) electrons. The van der Waals surface area contributed by atoms with Gasteiger partial charge in [0, 0.05) is 18.5 Å². The van der Waals surface area contributed by atoms with Crippen molar-refractivity contribution in [2.24, 2.45) is 0 Å². The van der Waals surface area contributed by atoms with Crippen LogP contribution in [0.2, 0.25) is 5.02 Å². The van der Waals surface area contributed by atoms with Crippen LogP contribution in [0.25, 0.3) is 38.9 Å². The SMILES string of the molecule is CCc1nc2c(c(=O)n1C1CCCCC1)c1nc3ccccc3nc1n2-c1ccc(Cl)c([N+](=O)[O-])c1. The second-order valence-corrected chi connectivity index (χ2v) is 9.57. The standard InChI is InChI=1S/C26H23ClN6O3/c1-2-21-30-24-22(26(34)31(21)15-8-4-3-5-9-15)23-25(29-19-11-7-6-10-18(19)28-23)32(24)16-12-13-17(27)20(14-16)33(35)36/h6-7,10-15H,2-5,8-9H2,1H3. The fourth-order valence-electron chi connectivity index (χ4n) is 5.34. The van der Waals surface area contributed by atoms with Crippen LogP contribution in [0.15, 0.2) is 47.3 Å². The van der Waals surface area contributed by atoms with Crippen molar-refractivity contribution in [2.75, 3.05) is 0 Å². The van der Waals surface area contributed by atoms with E-state index in [1.54, 1.807) is 10.6 Å². The third kappa shape index (κ3) is 3.45. The van der Waals surface area contributed by atoms with Crippen molar-refractivity contribution in [3.63, 3.8) is 0 Å². The predicted octanol–water partition coefficient (Wildman–Crippen LogP) is 5.91. The molecular formula is C26H23ClN6O3. The highest BCUT2D eigenvalue weighted by molar-refractivity contribution is 6.32. The topological polar surface area (TPSA) is 109 Å². The molecule has 0 saturated heterocycles. The van der Waals surface area contributed by atoms with Gasteiger partial charge in [-0.1, -0.05) is 49.9 Å². The predicted molar refractivity (Wildman–Crippen MR) is 139 cm³/mol. The number of halogens is 1. The Labute approximate surface area is 210 Å². The van der Waals surface area contributed by atoms with Crippen molar-refractivity contribution in [3.05, 3.63) is 73.8 Å². The Morgan fingerprint density at radius 3 is 2.44 bits per heavy atom. The number of nitro groups is 1. The van der Waals surface area contributed by atoms with Gasteiger partial charge in [-0.25, -0.2) is 15.0 Å². The van der Waals surface area contributed by atoms with Crippen molar-refractivity contribution >= 4 is 50.5 Å². The Morgan fingerprint density at radius 2 is 1.75 bits per heavy atom. The van der Waals surface area contributed by atoms with Gasteiger partial charge in [0.05, 0.1) is 21.6 Å². The third-order valence-corrected chi connectivity index (χ3v) is 7.34.